The lowest BCUT2D eigenvalue weighted by Crippen LogP contribution is -2.38. The number of methoxy groups -OCH3 is 1. The van der Waals surface area contributed by atoms with Gasteiger partial charge in [0.15, 0.2) is 0 Å². The Morgan fingerprint density at radius 1 is 1.44 bits per heavy atom. The molecule has 0 aliphatic carbocycles. The third kappa shape index (κ3) is 3.86. The summed E-state index contributed by atoms with van der Waals surface area (Å²) in [5, 5.41) is 4.55. The summed E-state index contributed by atoms with van der Waals surface area (Å²) in [6, 6.07) is 2.42. The number of nitrogens with one attached hydrogen (secondary N) is 1. The molecule has 0 heterocycles. The molecule has 0 aliphatic heterocycles. The number of ether oxygens (including phenoxy) is 1. The van der Waals surface area contributed by atoms with E-state index in [2.05, 4.69) is 9.88 Å². The second-order valence-corrected chi connectivity index (χ2v) is 4.79. The summed E-state index contributed by atoms with van der Waals surface area (Å²) in [4.78, 5) is 0. The molecule has 0 unspecified atom stereocenters. The molecule has 0 spiro atoms. The van der Waals surface area contributed by atoms with E-state index in [-0.39, 0.29) is 5.75 Å². The van der Waals surface area contributed by atoms with Crippen molar-refractivity contribution in [2.75, 3.05) is 13.7 Å². The predicted octanol–water partition coefficient (Wildman–Crippen LogP) is 0.719. The van der Waals surface area contributed by atoms with Crippen molar-refractivity contribution in [2.45, 2.75) is 5.92 Å². The molecule has 0 aromatic heterocycles. The molecule has 0 fully saturated rings. The number of hydrogen-bond donors (Lipinski definition) is 2. The average Bonchev–Trinajstić information content (AvgIpc) is 2.25. The fourth-order valence-electron chi connectivity index (χ4n) is 1.25. The van der Waals surface area contributed by atoms with Gasteiger partial charge in [-0.2, -0.15) is 21.9 Å². The van der Waals surface area contributed by atoms with E-state index >= 15 is 0 Å². The highest BCUT2D eigenvalue weighted by molar-refractivity contribution is 7.87. The lowest BCUT2D eigenvalue weighted by molar-refractivity contribution is -0.000192. The van der Waals surface area contributed by atoms with Crippen molar-refractivity contribution >= 4 is 10.2 Å². The van der Waals surface area contributed by atoms with Gasteiger partial charge in [-0.1, -0.05) is 0 Å². The lowest BCUT2D eigenvalue weighted by atomic mass is 10.1. The van der Waals surface area contributed by atoms with Crippen molar-refractivity contribution in [3.8, 4) is 5.75 Å². The Morgan fingerprint density at radius 3 is 2.56 bits per heavy atom. The number of rotatable bonds is 5. The monoisotopic (exact) mass is 284 g/mol. The van der Waals surface area contributed by atoms with Crippen molar-refractivity contribution in [3.63, 3.8) is 0 Å². The minimum absolute atomic E-state index is 0.379. The molecule has 9 heteroatoms. The Bertz CT molecular complexity index is 534. The van der Waals surface area contributed by atoms with Gasteiger partial charge in [-0.25, -0.2) is 9.53 Å². The van der Waals surface area contributed by atoms with Gasteiger partial charge in [0, 0.05) is 6.07 Å². The minimum atomic E-state index is -4.24. The Morgan fingerprint density at radius 2 is 2.06 bits per heavy atom. The molecule has 0 aliphatic rings. The zero-order chi connectivity index (χ0) is 14.0. The molecule has 3 N–H and O–H groups in total. The third-order valence-electron chi connectivity index (χ3n) is 2.05. The average molecular weight is 284 g/mol. The van der Waals surface area contributed by atoms with Crippen LogP contribution in [0.2, 0.25) is 0 Å². The van der Waals surface area contributed by atoms with E-state index in [1.165, 1.54) is 4.72 Å². The van der Waals surface area contributed by atoms with Gasteiger partial charge in [-0.3, -0.25) is 0 Å². The van der Waals surface area contributed by atoms with Gasteiger partial charge in [0.25, 0.3) is 16.1 Å². The Hall–Kier alpha value is -1.32. The molecule has 0 saturated carbocycles. The zero-order valence-electron chi connectivity index (χ0n) is 9.28. The second-order valence-electron chi connectivity index (χ2n) is 3.42. The standard InChI is InChI=1S/C9H11F3N2O3S/c1-17-8-4-6(10)2-3-7(8)9(11,12)5-14-18(13,15)16/h2-4,14H,5H2,1H3,(H2,13,15,16). The van der Waals surface area contributed by atoms with E-state index in [9.17, 15) is 21.6 Å². The van der Waals surface area contributed by atoms with Crippen LogP contribution < -0.4 is 14.6 Å². The smallest absolute Gasteiger partial charge is 0.290 e. The van der Waals surface area contributed by atoms with Gasteiger partial charge in [-0.05, 0) is 12.1 Å². The molecule has 1 aromatic rings. The number of hydrogen-bond acceptors (Lipinski definition) is 3. The first-order chi connectivity index (χ1) is 8.15. The Labute approximate surface area is 102 Å². The number of benzene rings is 1. The molecule has 0 atom stereocenters. The second kappa shape index (κ2) is 5.12. The van der Waals surface area contributed by atoms with Crippen LogP contribution in [-0.4, -0.2) is 22.1 Å². The maximum atomic E-state index is 13.7. The first-order valence-corrected chi connectivity index (χ1v) is 6.19. The van der Waals surface area contributed by atoms with E-state index in [1.807, 2.05) is 0 Å². The van der Waals surface area contributed by atoms with Crippen molar-refractivity contribution in [1.29, 1.82) is 0 Å². The van der Waals surface area contributed by atoms with Gasteiger partial charge < -0.3 is 4.74 Å². The highest BCUT2D eigenvalue weighted by atomic mass is 32.2. The summed E-state index contributed by atoms with van der Waals surface area (Å²) in [6.45, 7) is -1.24. The Balaban J connectivity index is 3.04. The summed E-state index contributed by atoms with van der Waals surface area (Å²) in [5.74, 6) is -4.70. The van der Waals surface area contributed by atoms with Crippen LogP contribution in [-0.2, 0) is 16.1 Å². The molecule has 0 bridgehead atoms. The van der Waals surface area contributed by atoms with Crippen LogP contribution in [0.3, 0.4) is 0 Å². The van der Waals surface area contributed by atoms with E-state index < -0.39 is 34.1 Å². The fourth-order valence-corrected chi connectivity index (χ4v) is 1.64. The molecular formula is C9H11F3N2O3S. The molecule has 5 nitrogen and oxygen atoms in total. The van der Waals surface area contributed by atoms with Crippen molar-refractivity contribution in [3.05, 3.63) is 29.6 Å². The predicted molar refractivity (Wildman–Crippen MR) is 58.0 cm³/mol. The Kier molecular flexibility index (Phi) is 4.20. The topological polar surface area (TPSA) is 81.4 Å². The van der Waals surface area contributed by atoms with Crippen LogP contribution in [0.15, 0.2) is 18.2 Å². The van der Waals surface area contributed by atoms with E-state index in [0.29, 0.717) is 0 Å². The molecule has 0 amide bonds. The van der Waals surface area contributed by atoms with Gasteiger partial charge in [0.05, 0.1) is 19.2 Å². The van der Waals surface area contributed by atoms with Crippen molar-refractivity contribution < 1.29 is 26.3 Å². The number of nitrogens with two attached hydrogens (primary N) is 1. The SMILES string of the molecule is COc1cc(F)ccc1C(F)(F)CNS(N)(=O)=O. The maximum Gasteiger partial charge on any atom is 0.290 e. The molecule has 0 saturated heterocycles. The summed E-state index contributed by atoms with van der Waals surface area (Å²) in [7, 11) is -3.14. The van der Waals surface area contributed by atoms with Crippen LogP contribution in [0.25, 0.3) is 0 Å². The highest BCUT2D eigenvalue weighted by Crippen LogP contribution is 2.34. The van der Waals surface area contributed by atoms with Gasteiger partial charge in [0.1, 0.15) is 11.6 Å². The first-order valence-electron chi connectivity index (χ1n) is 4.65. The van der Waals surface area contributed by atoms with E-state index in [4.69, 9.17) is 0 Å². The highest BCUT2D eigenvalue weighted by Gasteiger charge is 2.35. The minimum Gasteiger partial charge on any atom is -0.496 e. The van der Waals surface area contributed by atoms with Crippen LogP contribution in [0, 0.1) is 5.82 Å². The van der Waals surface area contributed by atoms with Gasteiger partial charge in [-0.15, -0.1) is 0 Å². The summed E-state index contributed by atoms with van der Waals surface area (Å²) in [5.41, 5.74) is -0.637. The molecule has 102 valence electrons. The summed E-state index contributed by atoms with van der Waals surface area (Å²) < 4.78 is 67.4. The van der Waals surface area contributed by atoms with Crippen LogP contribution in [0.5, 0.6) is 5.75 Å². The van der Waals surface area contributed by atoms with Gasteiger partial charge in [0.2, 0.25) is 0 Å². The fraction of sp³-hybridized carbons (Fsp3) is 0.333. The van der Waals surface area contributed by atoms with Crippen LogP contribution in [0.4, 0.5) is 13.2 Å². The first kappa shape index (κ1) is 14.7. The molecular weight excluding hydrogens is 273 g/mol. The van der Waals surface area contributed by atoms with Crippen LogP contribution >= 0.6 is 0 Å². The normalized spacial score (nSPS) is 12.5. The largest absolute Gasteiger partial charge is 0.496 e. The summed E-state index contributed by atoms with van der Waals surface area (Å²) in [6.07, 6.45) is 0. The molecule has 18 heavy (non-hydrogen) atoms. The third-order valence-corrected chi connectivity index (χ3v) is 2.60. The number of alkyl halides is 2. The summed E-state index contributed by atoms with van der Waals surface area (Å²) >= 11 is 0. The molecule has 0 radical (unpaired) electrons. The maximum absolute atomic E-state index is 13.7. The number of halogens is 3. The molecule has 1 rings (SSSR count). The van der Waals surface area contributed by atoms with E-state index in [0.717, 1.165) is 25.3 Å². The zero-order valence-corrected chi connectivity index (χ0v) is 10.1. The van der Waals surface area contributed by atoms with Crippen LogP contribution in [0.1, 0.15) is 5.56 Å². The van der Waals surface area contributed by atoms with Crippen molar-refractivity contribution in [1.82, 2.24) is 4.72 Å². The van der Waals surface area contributed by atoms with Gasteiger partial charge >= 0.3 is 0 Å². The van der Waals surface area contributed by atoms with E-state index in [1.54, 1.807) is 0 Å². The quantitative estimate of drug-likeness (QED) is 0.836. The van der Waals surface area contributed by atoms with Crippen molar-refractivity contribution in [2.24, 2.45) is 5.14 Å². The molecule has 1 aromatic carbocycles. The lowest BCUT2D eigenvalue weighted by Gasteiger charge is -2.19.